The van der Waals surface area contributed by atoms with Gasteiger partial charge in [0, 0.05) is 25.7 Å². The summed E-state index contributed by atoms with van der Waals surface area (Å²) in [7, 11) is -9.91. The first-order valence-electron chi connectivity index (χ1n) is 41.0. The van der Waals surface area contributed by atoms with Crippen LogP contribution < -0.4 is 0 Å². The Hall–Kier alpha value is -1.94. The number of unbranched alkanes of at least 4 members (excludes halogenated alkanes) is 48. The second kappa shape index (κ2) is 70.7. The summed E-state index contributed by atoms with van der Waals surface area (Å²) in [5.41, 5.74) is 0. The molecule has 0 saturated carbocycles. The fourth-order valence-corrected chi connectivity index (χ4v) is 13.8. The minimum Gasteiger partial charge on any atom is -0.462 e. The number of hydrogen-bond donors (Lipinski definition) is 3. The highest BCUT2D eigenvalue weighted by molar-refractivity contribution is 7.47. The predicted octanol–water partition coefficient (Wildman–Crippen LogP) is 23.5. The highest BCUT2D eigenvalue weighted by atomic mass is 31.2. The van der Waals surface area contributed by atoms with Gasteiger partial charge in [-0.25, -0.2) is 9.13 Å². The summed E-state index contributed by atoms with van der Waals surface area (Å²) >= 11 is 0. The molecule has 98 heavy (non-hydrogen) atoms. The number of rotatable bonds is 78. The molecule has 0 aliphatic heterocycles. The zero-order chi connectivity index (χ0) is 72.1. The second-order valence-electron chi connectivity index (χ2n) is 29.4. The van der Waals surface area contributed by atoms with Crippen molar-refractivity contribution in [3.8, 4) is 0 Å². The minimum atomic E-state index is -4.96. The summed E-state index contributed by atoms with van der Waals surface area (Å²) in [6.45, 7) is 9.61. The van der Waals surface area contributed by atoms with Gasteiger partial charge in [-0.15, -0.1) is 0 Å². The highest BCUT2D eigenvalue weighted by Gasteiger charge is 2.30. The van der Waals surface area contributed by atoms with Crippen LogP contribution in [0.15, 0.2) is 0 Å². The maximum Gasteiger partial charge on any atom is 0.472 e. The Morgan fingerprint density at radius 2 is 0.469 bits per heavy atom. The van der Waals surface area contributed by atoms with E-state index in [0.717, 1.165) is 108 Å². The van der Waals surface area contributed by atoms with Crippen molar-refractivity contribution < 1.29 is 80.2 Å². The van der Waals surface area contributed by atoms with Crippen molar-refractivity contribution in [3.63, 3.8) is 0 Å². The quantitative estimate of drug-likeness (QED) is 0.0222. The molecule has 17 nitrogen and oxygen atoms in total. The van der Waals surface area contributed by atoms with Crippen molar-refractivity contribution in [2.75, 3.05) is 39.6 Å². The van der Waals surface area contributed by atoms with Crippen molar-refractivity contribution in [3.05, 3.63) is 0 Å². The zero-order valence-corrected chi connectivity index (χ0v) is 65.9. The van der Waals surface area contributed by atoms with Gasteiger partial charge in [0.2, 0.25) is 0 Å². The van der Waals surface area contributed by atoms with E-state index in [1.807, 2.05) is 0 Å². The average molecular weight is 1440 g/mol. The number of carbonyl (C=O) groups is 4. The van der Waals surface area contributed by atoms with Gasteiger partial charge in [-0.2, -0.15) is 0 Å². The average Bonchev–Trinajstić information content (AvgIpc) is 1.04. The van der Waals surface area contributed by atoms with E-state index < -0.39 is 97.5 Å². The Morgan fingerprint density at radius 1 is 0.276 bits per heavy atom. The molecule has 0 spiro atoms. The fourth-order valence-electron chi connectivity index (χ4n) is 12.2. The molecule has 0 rings (SSSR count). The van der Waals surface area contributed by atoms with Crippen LogP contribution in [0.25, 0.3) is 0 Å². The standard InChI is InChI=1S/C79H154O17P2/c1-7-9-11-13-15-17-18-19-20-21-22-26-29-32-38-44-50-56-62-77(82)90-68-75(96-78(83)63-57-51-45-39-33-30-27-24-23-25-28-31-36-41-47-53-59-71(3)4)70-94-98(87,88)92-66-73(80)65-91-97(85,86)93-69-74(67-89-76(81)61-55-49-43-16-14-12-10-8-2)95-79(84)64-58-52-46-40-35-34-37-42-48-54-60-72(5)6/h71-75,80H,7-70H2,1-6H3,(H,85,86)(H,87,88)/t73-,74+,75+/m0/s1. The van der Waals surface area contributed by atoms with Gasteiger partial charge in [-0.05, 0) is 37.5 Å². The molecule has 0 saturated heterocycles. The lowest BCUT2D eigenvalue weighted by atomic mass is 10.0. The lowest BCUT2D eigenvalue weighted by molar-refractivity contribution is -0.161. The van der Waals surface area contributed by atoms with Gasteiger partial charge in [0.05, 0.1) is 26.4 Å². The number of phosphoric ester groups is 2. The molecule has 0 aromatic carbocycles. The fraction of sp³-hybridized carbons (Fsp3) is 0.949. The summed E-state index contributed by atoms with van der Waals surface area (Å²) in [6, 6.07) is 0. The molecule has 0 bridgehead atoms. The molecule has 19 heteroatoms. The molecule has 3 N–H and O–H groups in total. The van der Waals surface area contributed by atoms with Crippen LogP contribution in [0, 0.1) is 11.8 Å². The summed E-state index contributed by atoms with van der Waals surface area (Å²) in [6.07, 6.45) is 59.8. The third-order valence-corrected chi connectivity index (χ3v) is 20.4. The first-order valence-corrected chi connectivity index (χ1v) is 44.0. The van der Waals surface area contributed by atoms with Crippen LogP contribution in [0.3, 0.4) is 0 Å². The molecule has 5 atom stereocenters. The maximum atomic E-state index is 13.1. The minimum absolute atomic E-state index is 0.106. The van der Waals surface area contributed by atoms with Crippen LogP contribution in [-0.4, -0.2) is 96.7 Å². The number of hydrogen-bond acceptors (Lipinski definition) is 15. The van der Waals surface area contributed by atoms with Gasteiger partial charge < -0.3 is 33.8 Å². The van der Waals surface area contributed by atoms with Crippen LogP contribution in [0.5, 0.6) is 0 Å². The Labute approximate surface area is 600 Å². The summed E-state index contributed by atoms with van der Waals surface area (Å²) < 4.78 is 68.6. The number of esters is 4. The van der Waals surface area contributed by atoms with Gasteiger partial charge >= 0.3 is 39.5 Å². The van der Waals surface area contributed by atoms with E-state index in [4.69, 9.17) is 37.0 Å². The van der Waals surface area contributed by atoms with E-state index in [0.29, 0.717) is 25.7 Å². The van der Waals surface area contributed by atoms with Gasteiger partial charge in [-0.3, -0.25) is 37.3 Å². The Balaban J connectivity index is 5.20. The van der Waals surface area contributed by atoms with Crippen LogP contribution in [0.1, 0.15) is 414 Å². The smallest absolute Gasteiger partial charge is 0.462 e. The normalized spacial score (nSPS) is 13.9. The number of aliphatic hydroxyl groups is 1. The van der Waals surface area contributed by atoms with E-state index in [2.05, 4.69) is 41.5 Å². The highest BCUT2D eigenvalue weighted by Crippen LogP contribution is 2.45. The van der Waals surface area contributed by atoms with Gasteiger partial charge in [0.1, 0.15) is 19.3 Å². The summed E-state index contributed by atoms with van der Waals surface area (Å²) in [5.74, 6) is -0.552. The topological polar surface area (TPSA) is 237 Å². The third-order valence-electron chi connectivity index (χ3n) is 18.5. The van der Waals surface area contributed by atoms with Crippen molar-refractivity contribution in [2.24, 2.45) is 11.8 Å². The molecule has 0 radical (unpaired) electrons. The first kappa shape index (κ1) is 96.1. The Morgan fingerprint density at radius 3 is 0.694 bits per heavy atom. The van der Waals surface area contributed by atoms with E-state index >= 15 is 0 Å². The molecule has 2 unspecified atom stereocenters. The van der Waals surface area contributed by atoms with Crippen LogP contribution in [0.2, 0.25) is 0 Å². The Bertz CT molecular complexity index is 1890. The van der Waals surface area contributed by atoms with Crippen molar-refractivity contribution in [2.45, 2.75) is 432 Å². The molecule has 0 aliphatic carbocycles. The van der Waals surface area contributed by atoms with Gasteiger partial charge in [-0.1, -0.05) is 363 Å². The second-order valence-corrected chi connectivity index (χ2v) is 32.3. The van der Waals surface area contributed by atoms with Crippen LogP contribution in [-0.2, 0) is 65.4 Å². The monoisotopic (exact) mass is 1440 g/mol. The lowest BCUT2D eigenvalue weighted by Crippen LogP contribution is -2.30. The largest absolute Gasteiger partial charge is 0.472 e. The summed E-state index contributed by atoms with van der Waals surface area (Å²) in [5, 5.41) is 10.6. The first-order chi connectivity index (χ1) is 47.4. The molecule has 0 fully saturated rings. The maximum absolute atomic E-state index is 13.1. The number of phosphoric acid groups is 2. The lowest BCUT2D eigenvalue weighted by Gasteiger charge is -2.21. The molecule has 0 aromatic rings. The van der Waals surface area contributed by atoms with Gasteiger partial charge in [0.15, 0.2) is 12.2 Å². The molecule has 0 amide bonds. The molecular weight excluding hydrogens is 1280 g/mol. The zero-order valence-electron chi connectivity index (χ0n) is 64.1. The van der Waals surface area contributed by atoms with Crippen LogP contribution in [0.4, 0.5) is 0 Å². The van der Waals surface area contributed by atoms with E-state index in [9.17, 15) is 43.2 Å². The predicted molar refractivity (Wildman–Crippen MR) is 400 cm³/mol. The summed E-state index contributed by atoms with van der Waals surface area (Å²) in [4.78, 5) is 72.8. The third kappa shape index (κ3) is 72.4. The van der Waals surface area contributed by atoms with Crippen molar-refractivity contribution in [1.82, 2.24) is 0 Å². The number of aliphatic hydroxyl groups excluding tert-OH is 1. The molecule has 0 aromatic heterocycles. The van der Waals surface area contributed by atoms with Crippen molar-refractivity contribution >= 4 is 39.5 Å². The number of ether oxygens (including phenoxy) is 4. The van der Waals surface area contributed by atoms with Crippen LogP contribution >= 0.6 is 15.6 Å². The van der Waals surface area contributed by atoms with Gasteiger partial charge in [0.25, 0.3) is 0 Å². The molecule has 582 valence electrons. The molecule has 0 heterocycles. The molecule has 0 aliphatic rings. The van der Waals surface area contributed by atoms with Crippen molar-refractivity contribution in [1.29, 1.82) is 0 Å². The van der Waals surface area contributed by atoms with E-state index in [-0.39, 0.29) is 25.7 Å². The van der Waals surface area contributed by atoms with E-state index in [1.165, 1.54) is 225 Å². The Kier molecular flexibility index (Phi) is 69.3. The number of carbonyl (C=O) groups excluding carboxylic acids is 4. The molecular formula is C79H154O17P2. The van der Waals surface area contributed by atoms with E-state index in [1.54, 1.807) is 0 Å². The SMILES string of the molecule is CCCCCCCCCCCCCCCCCCCCC(=O)OC[C@H](COP(=O)(O)OC[C@@H](O)COP(=O)(O)OC[C@@H](COC(=O)CCCCCCCCCC)OC(=O)CCCCCCCCCCCCC(C)C)OC(=O)CCCCCCCCCCCCCCCCCCC(C)C.